The van der Waals surface area contributed by atoms with Gasteiger partial charge in [-0.25, -0.2) is 4.98 Å². The highest BCUT2D eigenvalue weighted by Crippen LogP contribution is 2.55. The van der Waals surface area contributed by atoms with Gasteiger partial charge in [0.05, 0.1) is 12.9 Å². The van der Waals surface area contributed by atoms with E-state index >= 15 is 0 Å². The Labute approximate surface area is 199 Å². The van der Waals surface area contributed by atoms with E-state index in [1.165, 1.54) is 10.9 Å². The summed E-state index contributed by atoms with van der Waals surface area (Å²) in [6, 6.07) is 0.276. The third kappa shape index (κ3) is 5.46. The summed E-state index contributed by atoms with van der Waals surface area (Å²) in [6.07, 6.45) is 0.122. The first-order valence-corrected chi connectivity index (χ1v) is 14.5. The smallest absolute Gasteiger partial charge is 0.340 e. The van der Waals surface area contributed by atoms with Crippen LogP contribution in [0.1, 0.15) is 31.9 Å². The van der Waals surface area contributed by atoms with Crippen molar-refractivity contribution in [2.75, 3.05) is 24.5 Å². The Hall–Kier alpha value is -1.18. The summed E-state index contributed by atoms with van der Waals surface area (Å²) in [7, 11) is -7.58. The molecule has 14 nitrogen and oxygen atoms in total. The van der Waals surface area contributed by atoms with E-state index in [0.717, 1.165) is 25.7 Å². The number of fused-ring (bicyclic) bond motifs is 1. The van der Waals surface area contributed by atoms with Crippen molar-refractivity contribution >= 4 is 43.8 Å². The van der Waals surface area contributed by atoms with Gasteiger partial charge in [-0.05, 0) is 24.4 Å². The maximum absolute atomic E-state index is 11.9. The Morgan fingerprint density at radius 3 is 2.53 bits per heavy atom. The molecule has 2 aromatic heterocycles. The molecule has 190 valence electrons. The third-order valence-electron chi connectivity index (χ3n) is 6.00. The van der Waals surface area contributed by atoms with E-state index in [9.17, 15) is 24.2 Å². The molecule has 0 spiro atoms. The van der Waals surface area contributed by atoms with Gasteiger partial charge < -0.3 is 39.1 Å². The maximum atomic E-state index is 11.9. The van der Waals surface area contributed by atoms with Crippen molar-refractivity contribution in [1.82, 2.24) is 19.5 Å². The van der Waals surface area contributed by atoms with Gasteiger partial charge in [-0.3, -0.25) is 13.7 Å². The Morgan fingerprint density at radius 2 is 1.88 bits per heavy atom. The Morgan fingerprint density at radius 1 is 1.21 bits per heavy atom. The van der Waals surface area contributed by atoms with E-state index in [-0.39, 0.29) is 17.0 Å². The van der Waals surface area contributed by atoms with Crippen molar-refractivity contribution in [2.45, 2.75) is 56.3 Å². The summed E-state index contributed by atoms with van der Waals surface area (Å²) in [5.74, 6) is -0.861. The Balaban J connectivity index is 1.56. The molecule has 0 radical (unpaired) electrons. The van der Waals surface area contributed by atoms with Crippen LogP contribution in [0.3, 0.4) is 0 Å². The van der Waals surface area contributed by atoms with E-state index in [1.54, 1.807) is 0 Å². The van der Waals surface area contributed by atoms with Crippen LogP contribution in [-0.2, 0) is 18.4 Å². The first kappa shape index (κ1) is 25.9. The van der Waals surface area contributed by atoms with Crippen molar-refractivity contribution in [3.8, 4) is 0 Å². The molecule has 3 heterocycles. The van der Waals surface area contributed by atoms with E-state index < -0.39 is 52.2 Å². The average Bonchev–Trinajstić information content (AvgIpc) is 3.45. The van der Waals surface area contributed by atoms with E-state index in [0.29, 0.717) is 11.3 Å². The molecule has 1 saturated heterocycles. The van der Waals surface area contributed by atoms with Gasteiger partial charge in [0.15, 0.2) is 29.1 Å². The molecule has 34 heavy (non-hydrogen) atoms. The van der Waals surface area contributed by atoms with E-state index in [1.807, 2.05) is 11.9 Å². The summed E-state index contributed by atoms with van der Waals surface area (Å²) in [4.78, 5) is 42.4. The fraction of sp³-hybridized carbons (Fsp3) is 0.706. The van der Waals surface area contributed by atoms with E-state index in [4.69, 9.17) is 30.6 Å². The zero-order valence-corrected chi connectivity index (χ0v) is 20.6. The lowest BCUT2D eigenvalue weighted by molar-refractivity contribution is -0.0483. The van der Waals surface area contributed by atoms with Gasteiger partial charge >= 0.3 is 15.2 Å². The summed E-state index contributed by atoms with van der Waals surface area (Å²) < 4.78 is 34.7. The van der Waals surface area contributed by atoms with Crippen LogP contribution in [0, 0.1) is 0 Å². The molecule has 5 N–H and O–H groups in total. The second kappa shape index (κ2) is 9.70. The molecule has 0 bridgehead atoms. The fourth-order valence-corrected chi connectivity index (χ4v) is 7.06. The zero-order valence-electron chi connectivity index (χ0n) is 18.1. The number of aliphatic hydroxyl groups excluding tert-OH is 2. The first-order valence-electron chi connectivity index (χ1n) is 10.5. The highest BCUT2D eigenvalue weighted by molar-refractivity contribution is 7.70. The monoisotopic (exact) mass is 541 g/mol. The molecule has 0 amide bonds. The normalized spacial score (nSPS) is 28.0. The molecule has 1 aliphatic heterocycles. The van der Waals surface area contributed by atoms with Crippen molar-refractivity contribution < 1.29 is 43.3 Å². The van der Waals surface area contributed by atoms with Gasteiger partial charge in [0.2, 0.25) is 5.28 Å². The number of aliphatic hydroxyl groups is 2. The number of anilines is 1. The van der Waals surface area contributed by atoms with E-state index in [2.05, 4.69) is 15.0 Å². The van der Waals surface area contributed by atoms with Gasteiger partial charge in [0.25, 0.3) is 0 Å². The number of rotatable bonds is 8. The first-order chi connectivity index (χ1) is 15.9. The maximum Gasteiger partial charge on any atom is 0.340 e. The summed E-state index contributed by atoms with van der Waals surface area (Å²) in [5, 5.41) is 20.9. The number of ether oxygens (including phenoxy) is 1. The molecule has 2 aromatic rings. The number of halogens is 1. The van der Waals surface area contributed by atoms with Crippen LogP contribution in [0.4, 0.5) is 5.82 Å². The lowest BCUT2D eigenvalue weighted by Crippen LogP contribution is -2.33. The molecule has 2 aliphatic rings. The molecule has 4 rings (SSSR count). The zero-order chi connectivity index (χ0) is 24.8. The predicted octanol–water partition coefficient (Wildman–Crippen LogP) is 0.815. The lowest BCUT2D eigenvalue weighted by atomic mass is 10.1. The SMILES string of the molecule is CN(c1nc(Cl)nc2c1ncn2[C@@H]1O[C@@H](COP(=O)(O)CP(=O)(O)O)[C@@H](O)[C@H]1O)C1CCCC1. The van der Waals surface area contributed by atoms with Gasteiger partial charge in [-0.2, -0.15) is 9.97 Å². The molecule has 17 heteroatoms. The van der Waals surface area contributed by atoms with Crippen molar-refractivity contribution in [3.05, 3.63) is 11.6 Å². The Kier molecular flexibility index (Phi) is 7.39. The highest BCUT2D eigenvalue weighted by Gasteiger charge is 2.46. The van der Waals surface area contributed by atoms with Crippen LogP contribution >= 0.6 is 26.8 Å². The molecule has 5 atom stereocenters. The van der Waals surface area contributed by atoms with Gasteiger partial charge in [-0.15, -0.1) is 0 Å². The topological polar surface area (TPSA) is 201 Å². The molecular formula is C17H26ClN5O9P2. The molecule has 1 saturated carbocycles. The van der Waals surface area contributed by atoms with Crippen LogP contribution in [0.2, 0.25) is 5.28 Å². The quantitative estimate of drug-likeness (QED) is 0.232. The minimum atomic E-state index is -4.81. The summed E-state index contributed by atoms with van der Waals surface area (Å²) >= 11 is 6.17. The molecule has 1 aliphatic carbocycles. The summed E-state index contributed by atoms with van der Waals surface area (Å²) in [5.41, 5.74) is 0.678. The Bertz CT molecular complexity index is 1140. The van der Waals surface area contributed by atoms with Gasteiger partial charge in [-0.1, -0.05) is 12.8 Å². The van der Waals surface area contributed by atoms with Crippen LogP contribution in [0.25, 0.3) is 11.2 Å². The largest absolute Gasteiger partial charge is 0.387 e. The van der Waals surface area contributed by atoms with Gasteiger partial charge in [0.1, 0.15) is 18.3 Å². The molecule has 1 unspecified atom stereocenters. The number of hydrogen-bond acceptors (Lipinski definition) is 10. The van der Waals surface area contributed by atoms with Crippen molar-refractivity contribution in [3.63, 3.8) is 0 Å². The second-order valence-corrected chi connectivity index (χ2v) is 12.8. The minimum absolute atomic E-state index is 0.0410. The van der Waals surface area contributed by atoms with Gasteiger partial charge in [0, 0.05) is 13.1 Å². The third-order valence-corrected chi connectivity index (χ3v) is 9.62. The van der Waals surface area contributed by atoms with Crippen LogP contribution in [-0.4, -0.2) is 88.3 Å². The number of nitrogens with zero attached hydrogens (tertiary/aromatic N) is 5. The number of imidazole rings is 1. The minimum Gasteiger partial charge on any atom is -0.387 e. The summed E-state index contributed by atoms with van der Waals surface area (Å²) in [6.45, 7) is -0.694. The van der Waals surface area contributed by atoms with Crippen molar-refractivity contribution in [2.24, 2.45) is 0 Å². The highest BCUT2D eigenvalue weighted by atomic mass is 35.5. The predicted molar refractivity (Wildman–Crippen MR) is 120 cm³/mol. The number of aromatic nitrogens is 4. The molecular weight excluding hydrogens is 516 g/mol. The molecule has 2 fully saturated rings. The number of hydrogen-bond donors (Lipinski definition) is 5. The molecule has 0 aromatic carbocycles. The standard InChI is InChI=1S/C17H26ClN5O9P2/c1-22(9-4-2-3-5-9)14-11-15(21-17(18)20-14)23(7-19-11)16-13(25)12(24)10(32-16)6-31-34(29,30)8-33(26,27)28/h7,9-10,12-13,16,24-25H,2-6,8H2,1H3,(H,29,30)(H2,26,27,28)/t10-,12+,13+,16+/m0/s1. The lowest BCUT2D eigenvalue weighted by Gasteiger charge is -2.25. The van der Waals surface area contributed by atoms with Crippen LogP contribution in [0.5, 0.6) is 0 Å². The van der Waals surface area contributed by atoms with Crippen LogP contribution in [0.15, 0.2) is 6.33 Å². The average molecular weight is 542 g/mol. The second-order valence-electron chi connectivity index (χ2n) is 8.48. The van der Waals surface area contributed by atoms with Crippen molar-refractivity contribution in [1.29, 1.82) is 0 Å². The fourth-order valence-electron chi connectivity index (χ4n) is 4.33. The van der Waals surface area contributed by atoms with Crippen LogP contribution < -0.4 is 4.90 Å².